The Morgan fingerprint density at radius 3 is 2.46 bits per heavy atom. The number of nitrogens with two attached hydrogens (primary N) is 1. The molecule has 0 bridgehead atoms. The van der Waals surface area contributed by atoms with Crippen LogP contribution < -0.4 is 5.73 Å². The predicted octanol–water partition coefficient (Wildman–Crippen LogP) is -0.413. The molecule has 1 fully saturated rings. The third-order valence-corrected chi connectivity index (χ3v) is 1.93. The number of carbonyl (C=O) groups is 2. The molecule has 6 heteroatoms. The quantitative estimate of drug-likeness (QED) is 0.585. The van der Waals surface area contributed by atoms with Crippen molar-refractivity contribution < 1.29 is 19.4 Å². The highest BCUT2D eigenvalue weighted by molar-refractivity contribution is 5.76. The van der Waals surface area contributed by atoms with E-state index >= 15 is 0 Å². The summed E-state index contributed by atoms with van der Waals surface area (Å²) in [6, 6.07) is 0.195. The Hall–Kier alpha value is -1.30. The molecule has 1 saturated carbocycles. The number of hydrogen-bond donors (Lipinski definition) is 2. The highest BCUT2D eigenvalue weighted by atomic mass is 16.6. The second kappa shape index (κ2) is 3.61. The van der Waals surface area contributed by atoms with Crippen molar-refractivity contribution in [1.29, 1.82) is 0 Å². The maximum absolute atomic E-state index is 10.6. The van der Waals surface area contributed by atoms with Crippen molar-refractivity contribution in [1.82, 2.24) is 4.90 Å². The zero-order valence-corrected chi connectivity index (χ0v) is 7.27. The summed E-state index contributed by atoms with van der Waals surface area (Å²) in [5, 5.41) is 8.69. The molecule has 0 aliphatic heterocycles. The lowest BCUT2D eigenvalue weighted by Gasteiger charge is -2.22. The fourth-order valence-corrected chi connectivity index (χ4v) is 1.09. The highest BCUT2D eigenvalue weighted by Crippen LogP contribution is 2.27. The molecule has 1 rings (SSSR count). The summed E-state index contributed by atoms with van der Waals surface area (Å²) in [4.78, 5) is 22.5. The zero-order chi connectivity index (χ0) is 10.0. The molecule has 1 atom stereocenters. The normalized spacial score (nSPS) is 18.3. The summed E-state index contributed by atoms with van der Waals surface area (Å²) >= 11 is 0. The minimum atomic E-state index is -1.26. The van der Waals surface area contributed by atoms with E-state index in [2.05, 4.69) is 4.74 Å². The van der Waals surface area contributed by atoms with Crippen LogP contribution in [-0.2, 0) is 9.53 Å². The van der Waals surface area contributed by atoms with E-state index in [0.717, 1.165) is 12.8 Å². The molecule has 1 amide bonds. The first-order chi connectivity index (χ1) is 6.02. The summed E-state index contributed by atoms with van der Waals surface area (Å²) in [6.07, 6.45) is -0.463. The lowest BCUT2D eigenvalue weighted by atomic mass is 10.4. The average Bonchev–Trinajstić information content (AvgIpc) is 2.80. The van der Waals surface area contributed by atoms with Crippen LogP contribution in [0.3, 0.4) is 0 Å². The second-order valence-electron chi connectivity index (χ2n) is 3.02. The van der Waals surface area contributed by atoms with Crippen molar-refractivity contribution in [2.45, 2.75) is 25.1 Å². The van der Waals surface area contributed by atoms with E-state index in [1.54, 1.807) is 7.05 Å². The molecule has 74 valence electrons. The lowest BCUT2D eigenvalue weighted by molar-refractivity contribution is -0.156. The van der Waals surface area contributed by atoms with Crippen LogP contribution in [0.5, 0.6) is 0 Å². The van der Waals surface area contributed by atoms with Crippen molar-refractivity contribution in [3.05, 3.63) is 0 Å². The number of likely N-dealkylation sites (N-methyl/N-ethyl adjacent to an activating group) is 1. The third kappa shape index (κ3) is 2.59. The maximum atomic E-state index is 10.6. The molecule has 1 aliphatic rings. The molecule has 3 N–H and O–H groups in total. The molecular weight excluding hydrogens is 176 g/mol. The number of carboxylic acid groups (broad SMARTS) is 1. The van der Waals surface area contributed by atoms with E-state index < -0.39 is 18.3 Å². The first-order valence-electron chi connectivity index (χ1n) is 3.93. The number of rotatable bonds is 4. The Morgan fingerprint density at radius 2 is 2.15 bits per heavy atom. The summed E-state index contributed by atoms with van der Waals surface area (Å²) < 4.78 is 4.44. The van der Waals surface area contributed by atoms with E-state index in [4.69, 9.17) is 10.8 Å². The Kier molecular flexibility index (Phi) is 2.72. The monoisotopic (exact) mass is 188 g/mol. The molecule has 0 spiro atoms. The molecular formula is C7H12N2O4. The van der Waals surface area contributed by atoms with Crippen molar-refractivity contribution in [2.75, 3.05) is 7.05 Å². The Balaban J connectivity index is 2.54. The standard InChI is InChI=1S/C7H12N2O4/c1-9(4-2-3-4)5(6(10)11)13-7(8)12/h4-5H,2-3H2,1H3,(H2,8,12)(H,10,11)/t5-/m0/s1. The van der Waals surface area contributed by atoms with Crippen molar-refractivity contribution >= 4 is 12.1 Å². The highest BCUT2D eigenvalue weighted by Gasteiger charge is 2.36. The van der Waals surface area contributed by atoms with Crippen LogP contribution in [0.15, 0.2) is 0 Å². The van der Waals surface area contributed by atoms with Crippen molar-refractivity contribution in [3.8, 4) is 0 Å². The topological polar surface area (TPSA) is 92.9 Å². The number of amides is 1. The fraction of sp³-hybridized carbons (Fsp3) is 0.714. The number of aliphatic carboxylic acids is 1. The van der Waals surface area contributed by atoms with Gasteiger partial charge in [0.1, 0.15) is 0 Å². The van der Waals surface area contributed by atoms with Gasteiger partial charge in [-0.05, 0) is 19.9 Å². The molecule has 0 radical (unpaired) electrons. The summed E-state index contributed by atoms with van der Waals surface area (Å²) in [5.74, 6) is -1.20. The molecule has 0 aromatic rings. The van der Waals surface area contributed by atoms with E-state index in [0.29, 0.717) is 0 Å². The number of nitrogens with zero attached hydrogens (tertiary/aromatic N) is 1. The number of primary amides is 1. The fourth-order valence-electron chi connectivity index (χ4n) is 1.09. The van der Waals surface area contributed by atoms with Crippen molar-refractivity contribution in [3.63, 3.8) is 0 Å². The second-order valence-corrected chi connectivity index (χ2v) is 3.02. The minimum absolute atomic E-state index is 0.195. The van der Waals surface area contributed by atoms with Crippen LogP contribution in [0.2, 0.25) is 0 Å². The number of ether oxygens (including phenoxy) is 1. The van der Waals surface area contributed by atoms with E-state index in [9.17, 15) is 9.59 Å². The van der Waals surface area contributed by atoms with Crippen LogP contribution in [-0.4, -0.2) is 41.4 Å². The molecule has 0 unspecified atom stereocenters. The van der Waals surface area contributed by atoms with Gasteiger partial charge < -0.3 is 15.6 Å². The molecule has 13 heavy (non-hydrogen) atoms. The van der Waals surface area contributed by atoms with Gasteiger partial charge in [-0.15, -0.1) is 0 Å². The molecule has 1 aliphatic carbocycles. The number of carboxylic acids is 1. The van der Waals surface area contributed by atoms with Gasteiger partial charge in [-0.1, -0.05) is 0 Å². The molecule has 0 saturated heterocycles. The van der Waals surface area contributed by atoms with Crippen LogP contribution in [0, 0.1) is 0 Å². The Bertz CT molecular complexity index is 227. The summed E-state index contributed by atoms with van der Waals surface area (Å²) in [5.41, 5.74) is 4.74. The Labute approximate surface area is 75.3 Å². The van der Waals surface area contributed by atoms with E-state index in [1.165, 1.54) is 4.90 Å². The number of carbonyl (C=O) groups excluding carboxylic acids is 1. The lowest BCUT2D eigenvalue weighted by Crippen LogP contribution is -2.44. The first kappa shape index (κ1) is 9.79. The van der Waals surface area contributed by atoms with E-state index in [1.807, 2.05) is 0 Å². The van der Waals surface area contributed by atoms with Crippen LogP contribution in [0.25, 0.3) is 0 Å². The third-order valence-electron chi connectivity index (χ3n) is 1.93. The summed E-state index contributed by atoms with van der Waals surface area (Å²) in [7, 11) is 1.60. The van der Waals surface area contributed by atoms with E-state index in [-0.39, 0.29) is 6.04 Å². The van der Waals surface area contributed by atoms with Gasteiger partial charge in [0.25, 0.3) is 6.23 Å². The average molecular weight is 188 g/mol. The van der Waals surface area contributed by atoms with Crippen LogP contribution in [0.1, 0.15) is 12.8 Å². The van der Waals surface area contributed by atoms with Gasteiger partial charge in [-0.3, -0.25) is 4.90 Å². The smallest absolute Gasteiger partial charge is 0.406 e. The van der Waals surface area contributed by atoms with Crippen molar-refractivity contribution in [2.24, 2.45) is 5.73 Å². The molecule has 0 aromatic carbocycles. The SMILES string of the molecule is CN(C1CC1)[C@@H](OC(N)=O)C(=O)O. The largest absolute Gasteiger partial charge is 0.477 e. The maximum Gasteiger partial charge on any atom is 0.406 e. The number of hydrogen-bond acceptors (Lipinski definition) is 4. The zero-order valence-electron chi connectivity index (χ0n) is 7.27. The minimum Gasteiger partial charge on any atom is -0.477 e. The van der Waals surface area contributed by atoms with Crippen LogP contribution in [0.4, 0.5) is 4.79 Å². The first-order valence-corrected chi connectivity index (χ1v) is 3.93. The van der Waals surface area contributed by atoms with Gasteiger partial charge in [0.05, 0.1) is 0 Å². The van der Waals surface area contributed by atoms with Crippen LogP contribution >= 0.6 is 0 Å². The van der Waals surface area contributed by atoms with Gasteiger partial charge >= 0.3 is 12.1 Å². The van der Waals surface area contributed by atoms with Gasteiger partial charge in [-0.25, -0.2) is 9.59 Å². The van der Waals surface area contributed by atoms with Gasteiger partial charge in [0.15, 0.2) is 0 Å². The summed E-state index contributed by atoms with van der Waals surface area (Å²) in [6.45, 7) is 0. The molecule has 0 aromatic heterocycles. The predicted molar refractivity (Wildman–Crippen MR) is 42.9 cm³/mol. The molecule has 6 nitrogen and oxygen atoms in total. The van der Waals surface area contributed by atoms with Gasteiger partial charge in [0, 0.05) is 6.04 Å². The van der Waals surface area contributed by atoms with Gasteiger partial charge in [0.2, 0.25) is 0 Å². The van der Waals surface area contributed by atoms with Gasteiger partial charge in [-0.2, -0.15) is 0 Å². The molecule has 0 heterocycles. The Morgan fingerprint density at radius 1 is 1.62 bits per heavy atom.